The van der Waals surface area contributed by atoms with Gasteiger partial charge in [0.15, 0.2) is 0 Å². The molecule has 0 atom stereocenters. The highest BCUT2D eigenvalue weighted by atomic mass is 32.3. The third-order valence-electron chi connectivity index (χ3n) is 9.39. The van der Waals surface area contributed by atoms with E-state index in [0.29, 0.717) is 7.42 Å². The second-order valence-electron chi connectivity index (χ2n) is 15.2. The molecule has 0 aromatic heterocycles. The summed E-state index contributed by atoms with van der Waals surface area (Å²) >= 11 is 0. The van der Waals surface area contributed by atoms with Gasteiger partial charge < -0.3 is 4.74 Å². The van der Waals surface area contributed by atoms with E-state index >= 15 is 0 Å². The first-order valence-electron chi connectivity index (χ1n) is 20.2. The molecule has 0 radical (unpaired) electrons. The van der Waals surface area contributed by atoms with Crippen LogP contribution < -0.4 is 0 Å². The fourth-order valence-electron chi connectivity index (χ4n) is 5.18. The number of aryl methyl sites for hydroxylation is 6. The van der Waals surface area contributed by atoms with Gasteiger partial charge in [0, 0.05) is 28.3 Å². The van der Waals surface area contributed by atoms with Crippen molar-refractivity contribution in [2.45, 2.75) is 73.5 Å². The van der Waals surface area contributed by atoms with Crippen LogP contribution in [-0.4, -0.2) is 69.4 Å². The third kappa shape index (κ3) is 17.5. The zero-order chi connectivity index (χ0) is 52.8. The molecule has 0 aliphatic carbocycles. The molecule has 0 fully saturated rings. The number of nitrogens with zero attached hydrogens (tertiary/aromatic N) is 2. The number of rotatable bonds is 8. The third-order valence-corrected chi connectivity index (χ3v) is 17.9. The molecule has 21 heteroatoms. The lowest BCUT2D eigenvalue weighted by Gasteiger charge is -2.17. The number of halogens is 6. The van der Waals surface area contributed by atoms with Gasteiger partial charge >= 0.3 is 12.4 Å². The molecule has 0 saturated carbocycles. The van der Waals surface area contributed by atoms with Gasteiger partial charge in [-0.05, 0) is 114 Å². The van der Waals surface area contributed by atoms with E-state index in [0.717, 1.165) is 71.7 Å². The first-order valence-corrected chi connectivity index (χ1v) is 25.9. The maximum Gasteiger partial charge on any atom is 0.416 e. The van der Waals surface area contributed by atoms with Crippen molar-refractivity contribution in [1.82, 2.24) is 7.42 Å². The molecule has 6 aromatic carbocycles. The van der Waals surface area contributed by atoms with Gasteiger partial charge in [0.25, 0.3) is 40.1 Å². The molecule has 6 aromatic rings. The van der Waals surface area contributed by atoms with Gasteiger partial charge in [-0.15, -0.1) is 0 Å². The fraction of sp³-hybridized carbons (Fsp3) is 0.250. The van der Waals surface area contributed by atoms with Crippen LogP contribution in [0.5, 0.6) is 0 Å². The summed E-state index contributed by atoms with van der Waals surface area (Å²) < 4.78 is 176. The van der Waals surface area contributed by atoms with E-state index in [9.17, 15) is 60.0 Å². The average Bonchev–Trinajstić information content (AvgIpc) is 3.27. The Hall–Kier alpha value is -5.42. The fourth-order valence-corrected chi connectivity index (χ4v) is 11.4. The van der Waals surface area contributed by atoms with Crippen LogP contribution in [0.2, 0.25) is 0 Å². The Morgan fingerprint density at radius 1 is 0.319 bits per heavy atom. The summed E-state index contributed by atoms with van der Waals surface area (Å²) in [4.78, 5) is -0.236. The molecular formula is C48H54F6N2O9S4. The number of hydrogen-bond donors (Lipinski definition) is 0. The highest BCUT2D eigenvalue weighted by molar-refractivity contribution is 8.04. The highest BCUT2D eigenvalue weighted by Gasteiger charge is 2.34. The summed E-state index contributed by atoms with van der Waals surface area (Å²) in [6, 6.07) is 34.3. The number of methoxy groups -OCH3 is 1. The van der Waals surface area contributed by atoms with Crippen LogP contribution in [0.25, 0.3) is 0 Å². The molecule has 376 valence electrons. The maximum atomic E-state index is 12.5. The van der Waals surface area contributed by atoms with Crippen molar-refractivity contribution < 1.29 is 64.8 Å². The predicted molar refractivity (Wildman–Crippen MR) is 254 cm³/mol. The number of benzene rings is 6. The Balaban J connectivity index is 0.000000324. The Morgan fingerprint density at radius 2 is 0.449 bits per heavy atom. The lowest BCUT2D eigenvalue weighted by molar-refractivity contribution is -0.138. The molecule has 0 spiro atoms. The van der Waals surface area contributed by atoms with E-state index in [2.05, 4.69) is 4.74 Å². The molecule has 0 N–H and O–H groups in total. The van der Waals surface area contributed by atoms with Gasteiger partial charge in [-0.2, -0.15) is 26.3 Å². The van der Waals surface area contributed by atoms with Gasteiger partial charge in [0.05, 0.1) is 30.7 Å². The molecule has 0 amide bonds. The number of ether oxygens (including phenoxy) is 1. The second-order valence-corrected chi connectivity index (χ2v) is 23.5. The van der Waals surface area contributed by atoms with Crippen LogP contribution in [0.1, 0.15) is 44.5 Å². The maximum absolute atomic E-state index is 12.5. The summed E-state index contributed by atoms with van der Waals surface area (Å²) in [5.74, 6) is 0. The predicted octanol–water partition coefficient (Wildman–Crippen LogP) is 10.9. The van der Waals surface area contributed by atoms with Crippen molar-refractivity contribution in [2.24, 2.45) is 0 Å². The van der Waals surface area contributed by atoms with Gasteiger partial charge in [0.2, 0.25) is 0 Å². The Morgan fingerprint density at radius 3 is 0.580 bits per heavy atom. The topological polar surface area (TPSA) is 152 Å². The molecular weight excluding hydrogens is 991 g/mol. The SMILES string of the molecule is COC.Cc1ccc(C(F)(F)F)cc1.Cc1ccc(C(F)(F)F)cc1.Cc1ccc(S(=O)(=O)N(C)S(=O)(=O)c2ccc(C)cc2)cc1.Cc1ccc(S(=O)(=O)N(C)S(=O)(=O)c2ccc(C)cc2)cc1. The lowest BCUT2D eigenvalue weighted by Crippen LogP contribution is -2.33. The van der Waals surface area contributed by atoms with Crippen LogP contribution in [-0.2, 0) is 57.2 Å². The number of sulfonamides is 4. The van der Waals surface area contributed by atoms with E-state index in [1.807, 2.05) is 27.7 Å². The van der Waals surface area contributed by atoms with E-state index in [1.54, 1.807) is 76.6 Å². The van der Waals surface area contributed by atoms with E-state index in [-0.39, 0.29) is 19.6 Å². The van der Waals surface area contributed by atoms with Crippen LogP contribution in [0.3, 0.4) is 0 Å². The molecule has 0 saturated heterocycles. The zero-order valence-corrected chi connectivity index (χ0v) is 42.6. The second kappa shape index (κ2) is 24.9. The van der Waals surface area contributed by atoms with Crippen molar-refractivity contribution in [1.29, 1.82) is 0 Å². The zero-order valence-electron chi connectivity index (χ0n) is 39.3. The molecule has 0 aliphatic heterocycles. The minimum atomic E-state index is -4.21. The summed E-state index contributed by atoms with van der Waals surface area (Å²) in [5.41, 5.74) is 4.04. The highest BCUT2D eigenvalue weighted by Crippen LogP contribution is 2.30. The van der Waals surface area contributed by atoms with Gasteiger partial charge in [0.1, 0.15) is 0 Å². The number of hydrogen-bond acceptors (Lipinski definition) is 9. The average molecular weight is 1050 g/mol. The van der Waals surface area contributed by atoms with Gasteiger partial charge in [-0.1, -0.05) is 114 Å². The largest absolute Gasteiger partial charge is 0.416 e. The monoisotopic (exact) mass is 1040 g/mol. The van der Waals surface area contributed by atoms with Gasteiger partial charge in [-0.3, -0.25) is 0 Å². The Bertz CT molecular complexity index is 2650. The lowest BCUT2D eigenvalue weighted by atomic mass is 10.1. The van der Waals surface area contributed by atoms with Crippen molar-refractivity contribution in [2.75, 3.05) is 28.3 Å². The van der Waals surface area contributed by atoms with Crippen molar-refractivity contribution in [3.63, 3.8) is 0 Å². The Kier molecular flexibility index (Phi) is 21.6. The molecule has 69 heavy (non-hydrogen) atoms. The quantitative estimate of drug-likeness (QED) is 0.136. The minimum Gasteiger partial charge on any atom is -0.388 e. The van der Waals surface area contributed by atoms with E-state index in [4.69, 9.17) is 0 Å². The first kappa shape index (κ1) is 59.7. The molecule has 6 rings (SSSR count). The smallest absolute Gasteiger partial charge is 0.388 e. The van der Waals surface area contributed by atoms with E-state index < -0.39 is 63.6 Å². The summed E-state index contributed by atoms with van der Waals surface area (Å²) in [7, 11) is -11.2. The molecule has 0 aliphatic rings. The number of alkyl halides is 6. The van der Waals surface area contributed by atoms with Crippen LogP contribution in [0, 0.1) is 41.5 Å². The summed E-state index contributed by atoms with van der Waals surface area (Å²) in [5, 5.41) is 0. The van der Waals surface area contributed by atoms with Crippen molar-refractivity contribution in [3.8, 4) is 0 Å². The van der Waals surface area contributed by atoms with Crippen molar-refractivity contribution in [3.05, 3.63) is 190 Å². The normalized spacial score (nSPS) is 12.0. The summed E-state index contributed by atoms with van der Waals surface area (Å²) in [6.45, 7) is 10.8. The molecule has 11 nitrogen and oxygen atoms in total. The minimum absolute atomic E-state index is 0.0590. The molecule has 0 unspecified atom stereocenters. The van der Waals surface area contributed by atoms with Gasteiger partial charge in [-0.25, -0.2) is 33.7 Å². The Labute approximate surface area is 402 Å². The molecule has 0 bridgehead atoms. The van der Waals surface area contributed by atoms with E-state index in [1.165, 1.54) is 72.8 Å². The summed E-state index contributed by atoms with van der Waals surface area (Å²) in [6.07, 6.45) is -8.43. The van der Waals surface area contributed by atoms with Crippen LogP contribution in [0.15, 0.2) is 165 Å². The first-order chi connectivity index (χ1) is 31.7. The van der Waals surface area contributed by atoms with Crippen LogP contribution in [0.4, 0.5) is 26.3 Å². The van der Waals surface area contributed by atoms with Crippen molar-refractivity contribution >= 4 is 40.1 Å². The van der Waals surface area contributed by atoms with Crippen LogP contribution >= 0.6 is 0 Å². The standard InChI is InChI=1S/2C15H17NO4S2.2C8H7F3.C2H6O/c2*1-12-4-8-14(9-5-12)21(17,18)16(3)22(19,20)15-10-6-13(2)7-11-15;2*1-6-2-4-7(5-3-6)8(9,10)11;1-3-2/h2*4-11H,1-3H3;2*2-5H,1H3;1-2H3. The molecule has 0 heterocycles.